The highest BCUT2D eigenvalue weighted by Crippen LogP contribution is 2.36. The van der Waals surface area contributed by atoms with Crippen molar-refractivity contribution in [3.8, 4) is 0 Å². The number of hydrogen-bond donors (Lipinski definition) is 1. The molecule has 0 unspecified atom stereocenters. The highest BCUT2D eigenvalue weighted by Gasteiger charge is 2.11. The molecular formula is C11H7Cl2N5S. The summed E-state index contributed by atoms with van der Waals surface area (Å²) in [4.78, 5) is 13.1. The number of halogens is 2. The summed E-state index contributed by atoms with van der Waals surface area (Å²) in [5.41, 5.74) is 6.46. The van der Waals surface area contributed by atoms with E-state index in [1.54, 1.807) is 6.20 Å². The van der Waals surface area contributed by atoms with E-state index in [0.717, 1.165) is 4.90 Å². The Hall–Kier alpha value is -1.50. The van der Waals surface area contributed by atoms with Gasteiger partial charge in [0.1, 0.15) is 10.2 Å². The quantitative estimate of drug-likeness (QED) is 0.787. The molecule has 2 N–H and O–H groups in total. The minimum atomic E-state index is 0.261. The van der Waals surface area contributed by atoms with Crippen molar-refractivity contribution < 1.29 is 0 Å². The molecule has 0 aliphatic carbocycles. The van der Waals surface area contributed by atoms with Gasteiger partial charge in [-0.1, -0.05) is 35.0 Å². The molecule has 19 heavy (non-hydrogen) atoms. The second kappa shape index (κ2) is 4.88. The van der Waals surface area contributed by atoms with Crippen molar-refractivity contribution in [3.05, 3.63) is 41.0 Å². The average Bonchev–Trinajstić information content (AvgIpc) is 2.85. The van der Waals surface area contributed by atoms with Gasteiger partial charge in [0.15, 0.2) is 11.5 Å². The normalized spacial score (nSPS) is 11.1. The molecule has 0 spiro atoms. The Morgan fingerprint density at radius 3 is 2.84 bits per heavy atom. The van der Waals surface area contributed by atoms with E-state index in [2.05, 4.69) is 15.0 Å². The lowest BCUT2D eigenvalue weighted by atomic mass is 10.5. The van der Waals surface area contributed by atoms with E-state index in [-0.39, 0.29) is 11.0 Å². The van der Waals surface area contributed by atoms with Gasteiger partial charge in [0.05, 0.1) is 11.2 Å². The molecule has 3 heterocycles. The summed E-state index contributed by atoms with van der Waals surface area (Å²) in [5.74, 6) is 0.275. The van der Waals surface area contributed by atoms with Crippen molar-refractivity contribution in [1.29, 1.82) is 0 Å². The van der Waals surface area contributed by atoms with Gasteiger partial charge in [0, 0.05) is 23.5 Å². The third-order valence-electron chi connectivity index (χ3n) is 2.41. The van der Waals surface area contributed by atoms with Gasteiger partial charge in [-0.15, -0.1) is 0 Å². The molecule has 3 aromatic heterocycles. The molecular weight excluding hydrogens is 305 g/mol. The number of nitrogens with two attached hydrogens (primary N) is 1. The van der Waals surface area contributed by atoms with Gasteiger partial charge in [-0.2, -0.15) is 0 Å². The van der Waals surface area contributed by atoms with Crippen LogP contribution in [0.2, 0.25) is 10.2 Å². The maximum absolute atomic E-state index is 6.30. The first-order valence-corrected chi connectivity index (χ1v) is 6.79. The minimum Gasteiger partial charge on any atom is -0.381 e. The van der Waals surface area contributed by atoms with Gasteiger partial charge in [0.25, 0.3) is 0 Å². The van der Waals surface area contributed by atoms with Crippen LogP contribution in [0.1, 0.15) is 0 Å². The van der Waals surface area contributed by atoms with E-state index in [1.165, 1.54) is 18.0 Å². The van der Waals surface area contributed by atoms with Crippen molar-refractivity contribution in [1.82, 2.24) is 19.4 Å². The summed E-state index contributed by atoms with van der Waals surface area (Å²) >= 11 is 13.3. The Bertz CT molecular complexity index is 758. The maximum Gasteiger partial charge on any atom is 0.158 e. The van der Waals surface area contributed by atoms with Crippen molar-refractivity contribution in [2.45, 2.75) is 9.92 Å². The van der Waals surface area contributed by atoms with Crippen LogP contribution < -0.4 is 5.73 Å². The molecule has 5 nitrogen and oxygen atoms in total. The predicted octanol–water partition coefficient (Wildman–Crippen LogP) is 3.16. The summed E-state index contributed by atoms with van der Waals surface area (Å²) in [6.07, 6.45) is 6.83. The molecule has 0 fully saturated rings. The predicted molar refractivity (Wildman–Crippen MR) is 75.8 cm³/mol. The summed E-state index contributed by atoms with van der Waals surface area (Å²) in [6.45, 7) is 0. The van der Waals surface area contributed by atoms with Crippen LogP contribution in [0.4, 0.5) is 5.82 Å². The van der Waals surface area contributed by atoms with Gasteiger partial charge in [-0.25, -0.2) is 15.0 Å². The standard InChI is InChI=1S/C11H7Cl2N5S/c12-7-5-16-11(9(14)17-7)19-6-1-3-18-4-2-15-10(18)8(6)13/h1-5H,(H2,14,17). The zero-order valence-corrected chi connectivity index (χ0v) is 11.7. The Morgan fingerprint density at radius 1 is 1.21 bits per heavy atom. The molecule has 3 rings (SSSR count). The third kappa shape index (κ3) is 2.34. The molecule has 0 aliphatic heterocycles. The number of hydrogen-bond acceptors (Lipinski definition) is 5. The van der Waals surface area contributed by atoms with E-state index < -0.39 is 0 Å². The van der Waals surface area contributed by atoms with Crippen molar-refractivity contribution in [2.75, 3.05) is 5.73 Å². The van der Waals surface area contributed by atoms with Gasteiger partial charge in [-0.05, 0) is 6.07 Å². The fourth-order valence-corrected chi connectivity index (χ4v) is 2.80. The molecule has 0 radical (unpaired) electrons. The topological polar surface area (TPSA) is 69.1 Å². The van der Waals surface area contributed by atoms with Crippen LogP contribution in [0.15, 0.2) is 40.8 Å². The summed E-state index contributed by atoms with van der Waals surface area (Å²) in [6, 6.07) is 1.87. The molecule has 0 saturated carbocycles. The number of imidazole rings is 1. The number of anilines is 1. The van der Waals surface area contributed by atoms with Crippen LogP contribution in [0, 0.1) is 0 Å². The van der Waals surface area contributed by atoms with Crippen LogP contribution in [-0.2, 0) is 0 Å². The Kier molecular flexibility index (Phi) is 3.22. The zero-order chi connectivity index (χ0) is 13.4. The monoisotopic (exact) mass is 311 g/mol. The summed E-state index contributed by atoms with van der Waals surface area (Å²) in [7, 11) is 0. The number of nitrogen functional groups attached to an aromatic ring is 1. The fourth-order valence-electron chi connectivity index (χ4n) is 1.57. The van der Waals surface area contributed by atoms with Crippen LogP contribution in [-0.4, -0.2) is 19.4 Å². The van der Waals surface area contributed by atoms with E-state index in [1.807, 2.05) is 22.9 Å². The third-order valence-corrected chi connectivity index (χ3v) is 4.14. The summed E-state index contributed by atoms with van der Waals surface area (Å²) in [5, 5.41) is 1.37. The van der Waals surface area contributed by atoms with Crippen molar-refractivity contribution >= 4 is 46.4 Å². The highest BCUT2D eigenvalue weighted by molar-refractivity contribution is 7.99. The lowest BCUT2D eigenvalue weighted by Crippen LogP contribution is -1.96. The Morgan fingerprint density at radius 2 is 2.05 bits per heavy atom. The Balaban J connectivity index is 2.03. The van der Waals surface area contributed by atoms with Crippen molar-refractivity contribution in [3.63, 3.8) is 0 Å². The van der Waals surface area contributed by atoms with E-state index in [4.69, 9.17) is 28.9 Å². The average molecular weight is 312 g/mol. The highest BCUT2D eigenvalue weighted by atomic mass is 35.5. The van der Waals surface area contributed by atoms with Crippen molar-refractivity contribution in [2.24, 2.45) is 0 Å². The van der Waals surface area contributed by atoms with Gasteiger partial charge in [0.2, 0.25) is 0 Å². The second-order valence-corrected chi connectivity index (χ2v) is 5.43. The molecule has 3 aromatic rings. The molecule has 0 saturated heterocycles. The SMILES string of the molecule is Nc1nc(Cl)cnc1Sc1ccn2ccnc2c1Cl. The molecule has 8 heteroatoms. The fraction of sp³-hybridized carbons (Fsp3) is 0. The zero-order valence-electron chi connectivity index (χ0n) is 9.42. The molecule has 0 atom stereocenters. The van der Waals surface area contributed by atoms with Crippen LogP contribution in [0.25, 0.3) is 5.65 Å². The van der Waals surface area contributed by atoms with Crippen LogP contribution >= 0.6 is 35.0 Å². The molecule has 0 aliphatic rings. The number of nitrogens with zero attached hydrogens (tertiary/aromatic N) is 4. The number of pyridine rings is 1. The largest absolute Gasteiger partial charge is 0.381 e. The smallest absolute Gasteiger partial charge is 0.158 e. The van der Waals surface area contributed by atoms with Crippen LogP contribution in [0.3, 0.4) is 0 Å². The molecule has 96 valence electrons. The Labute approximate surface area is 122 Å². The minimum absolute atomic E-state index is 0.261. The maximum atomic E-state index is 6.30. The number of fused-ring (bicyclic) bond motifs is 1. The number of rotatable bonds is 2. The van der Waals surface area contributed by atoms with Gasteiger partial charge in [-0.3, -0.25) is 0 Å². The summed E-state index contributed by atoms with van der Waals surface area (Å²) < 4.78 is 1.84. The van der Waals surface area contributed by atoms with E-state index >= 15 is 0 Å². The first-order valence-electron chi connectivity index (χ1n) is 5.22. The van der Waals surface area contributed by atoms with Gasteiger partial charge >= 0.3 is 0 Å². The second-order valence-electron chi connectivity index (χ2n) is 3.64. The number of aromatic nitrogens is 4. The first-order chi connectivity index (χ1) is 9.15. The lowest BCUT2D eigenvalue weighted by Gasteiger charge is -2.06. The van der Waals surface area contributed by atoms with Crippen LogP contribution in [0.5, 0.6) is 0 Å². The van der Waals surface area contributed by atoms with E-state index in [9.17, 15) is 0 Å². The van der Waals surface area contributed by atoms with E-state index in [0.29, 0.717) is 15.7 Å². The first kappa shape index (κ1) is 12.5. The van der Waals surface area contributed by atoms with Gasteiger partial charge < -0.3 is 10.1 Å². The molecule has 0 amide bonds. The molecule has 0 bridgehead atoms. The lowest BCUT2D eigenvalue weighted by molar-refractivity contribution is 1.07. The molecule has 0 aromatic carbocycles.